The van der Waals surface area contributed by atoms with E-state index in [4.69, 9.17) is 10.5 Å². The zero-order chi connectivity index (χ0) is 13.8. The molecule has 0 aliphatic heterocycles. The summed E-state index contributed by atoms with van der Waals surface area (Å²) in [4.78, 5) is 8.89. The summed E-state index contributed by atoms with van der Waals surface area (Å²) in [6.07, 6.45) is 0. The van der Waals surface area contributed by atoms with Gasteiger partial charge in [0, 0.05) is 23.1 Å². The molecular formula is C15H19N3O. The van der Waals surface area contributed by atoms with Crippen molar-refractivity contribution in [1.29, 1.82) is 0 Å². The number of aromatic nitrogens is 2. The lowest BCUT2D eigenvalue weighted by molar-refractivity contribution is 0.295. The Morgan fingerprint density at radius 3 is 2.68 bits per heavy atom. The molecule has 2 N–H and O–H groups in total. The molecule has 0 saturated heterocycles. The first-order chi connectivity index (χ1) is 9.04. The molecular weight excluding hydrogens is 238 g/mol. The van der Waals surface area contributed by atoms with Crippen molar-refractivity contribution in [2.45, 2.75) is 33.3 Å². The van der Waals surface area contributed by atoms with Gasteiger partial charge in [0.05, 0.1) is 0 Å². The third-order valence-corrected chi connectivity index (χ3v) is 2.74. The molecule has 0 fully saturated rings. The summed E-state index contributed by atoms with van der Waals surface area (Å²) in [5.41, 5.74) is 8.39. The maximum absolute atomic E-state index is 5.70. The minimum absolute atomic E-state index is 0.352. The number of anilines is 1. The van der Waals surface area contributed by atoms with Crippen molar-refractivity contribution < 1.29 is 4.74 Å². The van der Waals surface area contributed by atoms with Gasteiger partial charge >= 0.3 is 0 Å². The molecule has 0 aliphatic rings. The Morgan fingerprint density at radius 1 is 1.21 bits per heavy atom. The van der Waals surface area contributed by atoms with Crippen LogP contribution in [0.25, 0.3) is 0 Å². The number of ether oxygens (including phenoxy) is 1. The Morgan fingerprint density at radius 2 is 2.00 bits per heavy atom. The summed E-state index contributed by atoms with van der Waals surface area (Å²) in [5, 5.41) is 0. The first-order valence-electron chi connectivity index (χ1n) is 6.37. The van der Waals surface area contributed by atoms with Crippen molar-refractivity contribution in [3.05, 3.63) is 47.5 Å². The van der Waals surface area contributed by atoms with Crippen molar-refractivity contribution in [2.75, 3.05) is 5.73 Å². The van der Waals surface area contributed by atoms with Crippen LogP contribution in [-0.4, -0.2) is 9.97 Å². The van der Waals surface area contributed by atoms with Gasteiger partial charge in [-0.15, -0.1) is 0 Å². The number of hydrogen-bond donors (Lipinski definition) is 1. The second-order valence-electron chi connectivity index (χ2n) is 4.87. The maximum atomic E-state index is 5.70. The molecule has 4 nitrogen and oxygen atoms in total. The molecule has 100 valence electrons. The van der Waals surface area contributed by atoms with E-state index in [1.165, 1.54) is 0 Å². The Balaban J connectivity index is 2.11. The lowest BCUT2D eigenvalue weighted by Crippen LogP contribution is -2.06. The predicted octanol–water partition coefficient (Wildman–Crippen LogP) is 3.07. The number of hydrogen-bond acceptors (Lipinski definition) is 4. The summed E-state index contributed by atoms with van der Waals surface area (Å²) in [7, 11) is 0. The molecule has 19 heavy (non-hydrogen) atoms. The van der Waals surface area contributed by atoms with Gasteiger partial charge in [-0.1, -0.05) is 19.9 Å². The molecule has 2 aromatic rings. The van der Waals surface area contributed by atoms with Gasteiger partial charge in [-0.3, -0.25) is 0 Å². The third kappa shape index (κ3) is 3.68. The standard InChI is InChI=1S/C15H19N3O/c1-10(2)14-7-11(3)17-15(18-14)9-19-13-6-4-5-12(16)8-13/h4-8,10H,9,16H2,1-3H3. The summed E-state index contributed by atoms with van der Waals surface area (Å²) < 4.78 is 5.66. The SMILES string of the molecule is Cc1cc(C(C)C)nc(COc2cccc(N)c2)n1. The monoisotopic (exact) mass is 257 g/mol. The van der Waals surface area contributed by atoms with E-state index in [9.17, 15) is 0 Å². The highest BCUT2D eigenvalue weighted by Gasteiger charge is 2.06. The highest BCUT2D eigenvalue weighted by atomic mass is 16.5. The zero-order valence-corrected chi connectivity index (χ0v) is 11.6. The van der Waals surface area contributed by atoms with Crippen LogP contribution in [0.4, 0.5) is 5.69 Å². The van der Waals surface area contributed by atoms with Crippen LogP contribution in [0.15, 0.2) is 30.3 Å². The molecule has 0 saturated carbocycles. The molecule has 0 amide bonds. The first-order valence-corrected chi connectivity index (χ1v) is 6.37. The molecule has 0 spiro atoms. The van der Waals surface area contributed by atoms with Crippen molar-refractivity contribution in [3.8, 4) is 5.75 Å². The number of nitrogens with zero attached hydrogens (tertiary/aromatic N) is 2. The van der Waals surface area contributed by atoms with Crippen LogP contribution < -0.4 is 10.5 Å². The van der Waals surface area contributed by atoms with Gasteiger partial charge in [0.25, 0.3) is 0 Å². The van der Waals surface area contributed by atoms with E-state index in [1.807, 2.05) is 31.2 Å². The highest BCUT2D eigenvalue weighted by molar-refractivity contribution is 5.43. The molecule has 0 aliphatic carbocycles. The van der Waals surface area contributed by atoms with Crippen LogP contribution >= 0.6 is 0 Å². The second-order valence-corrected chi connectivity index (χ2v) is 4.87. The molecule has 0 atom stereocenters. The van der Waals surface area contributed by atoms with E-state index >= 15 is 0 Å². The first kappa shape index (κ1) is 13.3. The van der Waals surface area contributed by atoms with Crippen molar-refractivity contribution in [3.63, 3.8) is 0 Å². The number of benzene rings is 1. The van der Waals surface area contributed by atoms with E-state index < -0.39 is 0 Å². The summed E-state index contributed by atoms with van der Waals surface area (Å²) >= 11 is 0. The molecule has 1 heterocycles. The van der Waals surface area contributed by atoms with E-state index in [0.717, 1.165) is 17.1 Å². The Hall–Kier alpha value is -2.10. The maximum Gasteiger partial charge on any atom is 0.166 e. The molecule has 0 bridgehead atoms. The van der Waals surface area contributed by atoms with Crippen LogP contribution in [0.2, 0.25) is 0 Å². The third-order valence-electron chi connectivity index (χ3n) is 2.74. The van der Waals surface area contributed by atoms with Gasteiger partial charge < -0.3 is 10.5 Å². The smallest absolute Gasteiger partial charge is 0.166 e. The molecule has 2 rings (SSSR count). The van der Waals surface area contributed by atoms with E-state index in [2.05, 4.69) is 23.8 Å². The molecule has 1 aromatic heterocycles. The van der Waals surface area contributed by atoms with Crippen LogP contribution in [0.5, 0.6) is 5.75 Å². The van der Waals surface area contributed by atoms with Gasteiger partial charge in [-0.05, 0) is 31.0 Å². The average molecular weight is 257 g/mol. The van der Waals surface area contributed by atoms with Gasteiger partial charge in [-0.2, -0.15) is 0 Å². The second kappa shape index (κ2) is 5.69. The molecule has 4 heteroatoms. The Bertz CT molecular complexity index is 567. The topological polar surface area (TPSA) is 61.0 Å². The van der Waals surface area contributed by atoms with Crippen LogP contribution in [0.3, 0.4) is 0 Å². The Labute approximate surface area is 113 Å². The van der Waals surface area contributed by atoms with Crippen molar-refractivity contribution in [2.24, 2.45) is 0 Å². The largest absolute Gasteiger partial charge is 0.486 e. The fraction of sp³-hybridized carbons (Fsp3) is 0.333. The van der Waals surface area contributed by atoms with Crippen LogP contribution in [0, 0.1) is 6.92 Å². The molecule has 0 radical (unpaired) electrons. The minimum atomic E-state index is 0.352. The minimum Gasteiger partial charge on any atom is -0.486 e. The van der Waals surface area contributed by atoms with E-state index in [1.54, 1.807) is 6.07 Å². The highest BCUT2D eigenvalue weighted by Crippen LogP contribution is 2.17. The quantitative estimate of drug-likeness (QED) is 0.855. The van der Waals surface area contributed by atoms with Crippen LogP contribution in [-0.2, 0) is 6.61 Å². The van der Waals surface area contributed by atoms with Crippen LogP contribution in [0.1, 0.15) is 37.0 Å². The molecule has 1 aromatic carbocycles. The fourth-order valence-corrected chi connectivity index (χ4v) is 1.77. The van der Waals surface area contributed by atoms with E-state index in [0.29, 0.717) is 24.0 Å². The van der Waals surface area contributed by atoms with Gasteiger partial charge in [0.1, 0.15) is 12.4 Å². The summed E-state index contributed by atoms with van der Waals surface area (Å²) in [6.45, 7) is 6.55. The van der Waals surface area contributed by atoms with E-state index in [-0.39, 0.29) is 0 Å². The lowest BCUT2D eigenvalue weighted by Gasteiger charge is -2.10. The predicted molar refractivity (Wildman–Crippen MR) is 76.0 cm³/mol. The van der Waals surface area contributed by atoms with Crippen molar-refractivity contribution >= 4 is 5.69 Å². The summed E-state index contributed by atoms with van der Waals surface area (Å²) in [6, 6.07) is 9.36. The number of nitrogen functional groups attached to an aromatic ring is 1. The van der Waals surface area contributed by atoms with Gasteiger partial charge in [0.2, 0.25) is 0 Å². The Kier molecular flexibility index (Phi) is 4.00. The van der Waals surface area contributed by atoms with Crippen molar-refractivity contribution in [1.82, 2.24) is 9.97 Å². The number of nitrogens with two attached hydrogens (primary N) is 1. The fourth-order valence-electron chi connectivity index (χ4n) is 1.77. The lowest BCUT2D eigenvalue weighted by atomic mass is 10.1. The number of aryl methyl sites for hydroxylation is 1. The summed E-state index contributed by atoms with van der Waals surface area (Å²) in [5.74, 6) is 1.81. The average Bonchev–Trinajstić information content (AvgIpc) is 2.36. The molecule has 0 unspecified atom stereocenters. The normalized spacial score (nSPS) is 10.7. The zero-order valence-electron chi connectivity index (χ0n) is 11.6. The van der Waals surface area contributed by atoms with Gasteiger partial charge in [-0.25, -0.2) is 9.97 Å². The number of rotatable bonds is 4. The van der Waals surface area contributed by atoms with Gasteiger partial charge in [0.15, 0.2) is 5.82 Å².